The Kier molecular flexibility index (Phi) is 4.19. The van der Waals surface area contributed by atoms with Gasteiger partial charge in [0.15, 0.2) is 0 Å². The van der Waals surface area contributed by atoms with Crippen LogP contribution in [0, 0.1) is 5.82 Å². The van der Waals surface area contributed by atoms with E-state index >= 15 is 0 Å². The van der Waals surface area contributed by atoms with Crippen molar-refractivity contribution in [1.29, 1.82) is 0 Å². The smallest absolute Gasteiger partial charge is 0.146 e. The lowest BCUT2D eigenvalue weighted by Gasteiger charge is -2.34. The van der Waals surface area contributed by atoms with Crippen molar-refractivity contribution >= 4 is 5.69 Å². The topological polar surface area (TPSA) is 32.7 Å². The van der Waals surface area contributed by atoms with Crippen LogP contribution in [0.4, 0.5) is 10.1 Å². The fraction of sp³-hybridized carbons (Fsp3) is 0.571. The standard InChI is InChI=1S/C14H20FNO2/c1-10(17)12-4-3-5-13(15)14(12)16(2)11-6-8-18-9-7-11/h3-5,10-11,17H,6-9H2,1-2H3/t10-/m1/s1. The Morgan fingerprint density at radius 2 is 2.06 bits per heavy atom. The molecule has 1 aromatic rings. The zero-order valence-electron chi connectivity index (χ0n) is 10.9. The third kappa shape index (κ3) is 2.65. The molecular formula is C14H20FNO2. The van der Waals surface area contributed by atoms with Gasteiger partial charge in [-0.15, -0.1) is 0 Å². The Bertz CT molecular complexity index is 403. The average Bonchev–Trinajstić information content (AvgIpc) is 2.38. The van der Waals surface area contributed by atoms with E-state index in [1.165, 1.54) is 6.07 Å². The zero-order valence-corrected chi connectivity index (χ0v) is 10.9. The van der Waals surface area contributed by atoms with Crippen LogP contribution in [0.3, 0.4) is 0 Å². The summed E-state index contributed by atoms with van der Waals surface area (Å²) in [5, 5.41) is 9.76. The van der Waals surface area contributed by atoms with E-state index < -0.39 is 6.10 Å². The molecule has 3 nitrogen and oxygen atoms in total. The molecule has 2 rings (SSSR count). The normalized spacial score (nSPS) is 18.7. The number of hydrogen-bond acceptors (Lipinski definition) is 3. The molecule has 0 bridgehead atoms. The van der Waals surface area contributed by atoms with E-state index in [4.69, 9.17) is 4.74 Å². The second-order valence-corrected chi connectivity index (χ2v) is 4.81. The summed E-state index contributed by atoms with van der Waals surface area (Å²) in [6, 6.07) is 5.13. The Morgan fingerprint density at radius 1 is 1.39 bits per heavy atom. The predicted molar refractivity (Wildman–Crippen MR) is 69.3 cm³/mol. The summed E-state index contributed by atoms with van der Waals surface area (Å²) in [4.78, 5) is 1.94. The van der Waals surface area contributed by atoms with Gasteiger partial charge in [0.05, 0.1) is 11.8 Å². The molecule has 0 radical (unpaired) electrons. The van der Waals surface area contributed by atoms with Gasteiger partial charge in [0, 0.05) is 31.9 Å². The van der Waals surface area contributed by atoms with Gasteiger partial charge in [0.2, 0.25) is 0 Å². The molecule has 1 aromatic carbocycles. The first-order chi connectivity index (χ1) is 8.61. The highest BCUT2D eigenvalue weighted by Crippen LogP contribution is 2.31. The third-order valence-electron chi connectivity index (χ3n) is 3.56. The number of halogens is 1. The second-order valence-electron chi connectivity index (χ2n) is 4.81. The Labute approximate surface area is 107 Å². The number of ether oxygens (including phenoxy) is 1. The molecule has 1 aliphatic rings. The van der Waals surface area contributed by atoms with E-state index in [9.17, 15) is 9.50 Å². The highest BCUT2D eigenvalue weighted by molar-refractivity contribution is 5.56. The molecule has 1 heterocycles. The van der Waals surface area contributed by atoms with Crippen molar-refractivity contribution in [2.75, 3.05) is 25.2 Å². The summed E-state index contributed by atoms with van der Waals surface area (Å²) in [6.45, 7) is 3.09. The summed E-state index contributed by atoms with van der Waals surface area (Å²) in [7, 11) is 1.89. The molecule has 0 spiro atoms. The van der Waals surface area contributed by atoms with E-state index in [1.807, 2.05) is 11.9 Å². The molecule has 0 saturated carbocycles. The predicted octanol–water partition coefficient (Wildman–Crippen LogP) is 2.49. The number of aliphatic hydroxyl groups is 1. The summed E-state index contributed by atoms with van der Waals surface area (Å²) < 4.78 is 19.4. The van der Waals surface area contributed by atoms with Gasteiger partial charge in [-0.2, -0.15) is 0 Å². The monoisotopic (exact) mass is 253 g/mol. The van der Waals surface area contributed by atoms with Gasteiger partial charge >= 0.3 is 0 Å². The molecule has 1 saturated heterocycles. The number of rotatable bonds is 3. The van der Waals surface area contributed by atoms with Crippen LogP contribution in [-0.2, 0) is 4.74 Å². The quantitative estimate of drug-likeness (QED) is 0.898. The van der Waals surface area contributed by atoms with Crippen molar-refractivity contribution in [3.63, 3.8) is 0 Å². The Balaban J connectivity index is 2.30. The van der Waals surface area contributed by atoms with Crippen LogP contribution in [-0.4, -0.2) is 31.4 Å². The fourth-order valence-electron chi connectivity index (χ4n) is 2.50. The first-order valence-corrected chi connectivity index (χ1v) is 6.38. The number of hydrogen-bond donors (Lipinski definition) is 1. The molecule has 1 aliphatic heterocycles. The SMILES string of the molecule is C[C@@H](O)c1cccc(F)c1N(C)C1CCOCC1. The Morgan fingerprint density at radius 3 is 2.67 bits per heavy atom. The minimum atomic E-state index is -0.669. The highest BCUT2D eigenvalue weighted by Gasteiger charge is 2.24. The maximum Gasteiger partial charge on any atom is 0.146 e. The van der Waals surface area contributed by atoms with Crippen molar-refractivity contribution in [3.8, 4) is 0 Å². The maximum atomic E-state index is 14.0. The van der Waals surface area contributed by atoms with Gasteiger partial charge in [-0.25, -0.2) is 4.39 Å². The minimum absolute atomic E-state index is 0.271. The van der Waals surface area contributed by atoms with Gasteiger partial charge in [0.25, 0.3) is 0 Å². The van der Waals surface area contributed by atoms with Crippen molar-refractivity contribution < 1.29 is 14.2 Å². The molecule has 0 aliphatic carbocycles. The molecular weight excluding hydrogens is 233 g/mol. The maximum absolute atomic E-state index is 14.0. The van der Waals surface area contributed by atoms with Gasteiger partial charge < -0.3 is 14.7 Å². The van der Waals surface area contributed by atoms with Crippen LogP contribution in [0.5, 0.6) is 0 Å². The van der Waals surface area contributed by atoms with Crippen LogP contribution in [0.15, 0.2) is 18.2 Å². The molecule has 1 fully saturated rings. The van der Waals surface area contributed by atoms with Crippen LogP contribution in [0.25, 0.3) is 0 Å². The van der Waals surface area contributed by atoms with E-state index in [0.717, 1.165) is 12.8 Å². The summed E-state index contributed by atoms with van der Waals surface area (Å²) >= 11 is 0. The lowest BCUT2D eigenvalue weighted by atomic mass is 10.0. The van der Waals surface area contributed by atoms with Crippen molar-refractivity contribution in [2.24, 2.45) is 0 Å². The number of aliphatic hydroxyl groups excluding tert-OH is 1. The minimum Gasteiger partial charge on any atom is -0.389 e. The number of benzene rings is 1. The van der Waals surface area contributed by atoms with Crippen molar-refractivity contribution in [3.05, 3.63) is 29.6 Å². The second kappa shape index (κ2) is 5.67. The average molecular weight is 253 g/mol. The third-order valence-corrected chi connectivity index (χ3v) is 3.56. The molecule has 0 amide bonds. The van der Waals surface area contributed by atoms with Crippen molar-refractivity contribution in [1.82, 2.24) is 0 Å². The first-order valence-electron chi connectivity index (χ1n) is 6.38. The van der Waals surface area contributed by atoms with Crippen LogP contribution < -0.4 is 4.90 Å². The lowest BCUT2D eigenvalue weighted by Crippen LogP contribution is -2.37. The largest absolute Gasteiger partial charge is 0.389 e. The van der Waals surface area contributed by atoms with Crippen LogP contribution in [0.2, 0.25) is 0 Å². The van der Waals surface area contributed by atoms with E-state index in [2.05, 4.69) is 0 Å². The fourth-order valence-corrected chi connectivity index (χ4v) is 2.50. The molecule has 4 heteroatoms. The molecule has 0 unspecified atom stereocenters. The van der Waals surface area contributed by atoms with Crippen LogP contribution in [0.1, 0.15) is 31.4 Å². The Hall–Kier alpha value is -1.13. The number of anilines is 1. The van der Waals surface area contributed by atoms with Gasteiger partial charge in [-0.05, 0) is 25.8 Å². The van der Waals surface area contributed by atoms with Crippen LogP contribution >= 0.6 is 0 Å². The highest BCUT2D eigenvalue weighted by atomic mass is 19.1. The summed E-state index contributed by atoms with van der Waals surface area (Å²) in [5.41, 5.74) is 1.16. The summed E-state index contributed by atoms with van der Waals surface area (Å²) in [5.74, 6) is -0.276. The zero-order chi connectivity index (χ0) is 13.1. The summed E-state index contributed by atoms with van der Waals surface area (Å²) in [6.07, 6.45) is 1.12. The first kappa shape index (κ1) is 13.3. The van der Waals surface area contributed by atoms with E-state index in [1.54, 1.807) is 19.1 Å². The number of para-hydroxylation sites is 1. The van der Waals surface area contributed by atoms with E-state index in [-0.39, 0.29) is 11.9 Å². The van der Waals surface area contributed by atoms with Gasteiger partial charge in [-0.1, -0.05) is 12.1 Å². The molecule has 0 aromatic heterocycles. The molecule has 18 heavy (non-hydrogen) atoms. The van der Waals surface area contributed by atoms with Gasteiger partial charge in [-0.3, -0.25) is 0 Å². The van der Waals surface area contributed by atoms with Gasteiger partial charge in [0.1, 0.15) is 5.82 Å². The molecule has 1 atom stereocenters. The number of nitrogens with zero attached hydrogens (tertiary/aromatic N) is 1. The lowest BCUT2D eigenvalue weighted by molar-refractivity contribution is 0.0852. The van der Waals surface area contributed by atoms with Crippen molar-refractivity contribution in [2.45, 2.75) is 31.9 Å². The molecule has 1 N–H and O–H groups in total. The van der Waals surface area contributed by atoms with E-state index in [0.29, 0.717) is 24.5 Å². The molecule has 100 valence electrons.